The Hall–Kier alpha value is -2.60. The zero-order chi connectivity index (χ0) is 24.0. The van der Waals surface area contributed by atoms with Crippen LogP contribution in [0, 0.1) is 13.8 Å². The summed E-state index contributed by atoms with van der Waals surface area (Å²) in [5.74, 6) is -1.24. The van der Waals surface area contributed by atoms with Gasteiger partial charge in [0.2, 0.25) is 0 Å². The normalized spacial score (nSPS) is 23.7. The maximum atomic E-state index is 12.7. The number of benzene rings is 1. The number of anilines is 2. The van der Waals surface area contributed by atoms with E-state index in [1.54, 1.807) is 19.1 Å². The molecule has 0 bridgehead atoms. The lowest BCUT2D eigenvalue weighted by Crippen LogP contribution is -2.52. The van der Waals surface area contributed by atoms with Gasteiger partial charge in [-0.25, -0.2) is 4.79 Å². The second-order valence-electron chi connectivity index (χ2n) is 7.98. The van der Waals surface area contributed by atoms with Gasteiger partial charge in [0.05, 0.1) is 10.2 Å². The molecule has 172 valence electrons. The summed E-state index contributed by atoms with van der Waals surface area (Å²) in [5, 5.41) is 34.1. The third-order valence-corrected chi connectivity index (χ3v) is 6.07. The first-order valence-corrected chi connectivity index (χ1v) is 10.6. The summed E-state index contributed by atoms with van der Waals surface area (Å²) in [6.07, 6.45) is -3.42. The summed E-state index contributed by atoms with van der Waals surface area (Å²) < 4.78 is 6.98. The number of rotatable bonds is 6. The molecule has 2 aromatic rings. The molecule has 0 radical (unpaired) electrons. The Balaban J connectivity index is 1.96. The van der Waals surface area contributed by atoms with Crippen LogP contribution in [0.15, 0.2) is 27.6 Å². The molecule has 4 N–H and O–H groups in total. The Morgan fingerprint density at radius 3 is 2.59 bits per heavy atom. The van der Waals surface area contributed by atoms with Crippen molar-refractivity contribution in [1.29, 1.82) is 0 Å². The van der Waals surface area contributed by atoms with Crippen LogP contribution in [0.3, 0.4) is 0 Å². The molecule has 1 fully saturated rings. The number of phenols is 1. The number of aryl methyl sites for hydroxylation is 2. The average molecular weight is 510 g/mol. The lowest BCUT2D eigenvalue weighted by Gasteiger charge is -2.27. The number of Topliss-reactive ketones (excluding diaryl/α,β-unsaturated/α-hetero) is 2. The molecule has 0 spiro atoms. The number of nitrogens with zero attached hydrogens (tertiary/aromatic N) is 2. The highest BCUT2D eigenvalue weighted by Crippen LogP contribution is 2.39. The molecule has 1 aliphatic heterocycles. The first-order chi connectivity index (χ1) is 14.8. The molecule has 10 nitrogen and oxygen atoms in total. The Morgan fingerprint density at radius 2 is 2.00 bits per heavy atom. The van der Waals surface area contributed by atoms with Gasteiger partial charge >= 0.3 is 5.69 Å². The molecule has 2 heterocycles. The second-order valence-corrected chi connectivity index (χ2v) is 8.84. The predicted octanol–water partition coefficient (Wildman–Crippen LogP) is 1.63. The van der Waals surface area contributed by atoms with Crippen molar-refractivity contribution in [2.75, 3.05) is 5.32 Å². The van der Waals surface area contributed by atoms with Crippen molar-refractivity contribution in [2.24, 2.45) is 0 Å². The number of ketones is 2. The van der Waals surface area contributed by atoms with Crippen LogP contribution in [0.4, 0.5) is 11.5 Å². The van der Waals surface area contributed by atoms with Gasteiger partial charge in [0.1, 0.15) is 24.2 Å². The van der Waals surface area contributed by atoms with Crippen molar-refractivity contribution in [1.82, 2.24) is 9.55 Å². The zero-order valence-electron chi connectivity index (χ0n) is 17.9. The molecule has 4 atom stereocenters. The number of nitrogens with one attached hydrogen (secondary N) is 1. The Morgan fingerprint density at radius 1 is 1.34 bits per heavy atom. The van der Waals surface area contributed by atoms with Crippen LogP contribution in [0.5, 0.6) is 5.75 Å². The number of carbonyl (C=O) groups excluding carboxylic acids is 2. The molecule has 1 unspecified atom stereocenters. The number of hydrogen-bond donors (Lipinski definition) is 4. The second kappa shape index (κ2) is 8.74. The SMILES string of the molecule is CC(=O)C(O)[C@H]1O[C@@H](n2cc(Br)c(Nc3cc(C)cc(C)c3O)nc2=O)C[C@@]1(O)C(C)=O. The van der Waals surface area contributed by atoms with E-state index in [2.05, 4.69) is 26.2 Å². The van der Waals surface area contributed by atoms with Gasteiger partial charge in [-0.05, 0) is 60.8 Å². The number of aliphatic hydroxyl groups is 2. The van der Waals surface area contributed by atoms with Crippen molar-refractivity contribution >= 4 is 39.0 Å². The van der Waals surface area contributed by atoms with Crippen LogP contribution in [0.1, 0.15) is 37.6 Å². The number of halogens is 1. The standard InChI is InChI=1S/C21H24BrN3O7/c1-9-5-10(2)16(28)14(6-9)23-19-13(22)8-25(20(30)24-19)15-7-21(31,12(4)27)18(32-15)17(29)11(3)26/h5-6,8,15,17-18,28-29,31H,7H2,1-4H3,(H,23,24,30)/t15-,17?,18-,21-/m1/s1. The van der Waals surface area contributed by atoms with E-state index in [9.17, 15) is 29.7 Å². The number of phenolic OH excluding ortho intramolecular Hbond substituents is 1. The maximum Gasteiger partial charge on any atom is 0.351 e. The van der Waals surface area contributed by atoms with E-state index in [-0.39, 0.29) is 18.0 Å². The number of ether oxygens (including phenoxy) is 1. The van der Waals surface area contributed by atoms with E-state index in [0.29, 0.717) is 15.7 Å². The smallest absolute Gasteiger partial charge is 0.351 e. The maximum absolute atomic E-state index is 12.7. The van der Waals surface area contributed by atoms with Gasteiger partial charge < -0.3 is 25.4 Å². The molecular weight excluding hydrogens is 486 g/mol. The summed E-state index contributed by atoms with van der Waals surface area (Å²) in [7, 11) is 0. The number of aliphatic hydroxyl groups excluding tert-OH is 1. The summed E-state index contributed by atoms with van der Waals surface area (Å²) in [6, 6.07) is 3.50. The zero-order valence-corrected chi connectivity index (χ0v) is 19.5. The average Bonchev–Trinajstić information content (AvgIpc) is 3.06. The Kier molecular flexibility index (Phi) is 6.57. The number of carbonyl (C=O) groups is 2. The topological polar surface area (TPSA) is 151 Å². The molecule has 0 aliphatic carbocycles. The van der Waals surface area contributed by atoms with E-state index >= 15 is 0 Å². The highest BCUT2D eigenvalue weighted by Gasteiger charge is 2.55. The minimum atomic E-state index is -2.15. The van der Waals surface area contributed by atoms with Crippen molar-refractivity contribution in [2.45, 2.75) is 58.2 Å². The Labute approximate surface area is 192 Å². The predicted molar refractivity (Wildman–Crippen MR) is 118 cm³/mol. The lowest BCUT2D eigenvalue weighted by atomic mass is 9.86. The van der Waals surface area contributed by atoms with E-state index in [1.165, 1.54) is 6.20 Å². The summed E-state index contributed by atoms with van der Waals surface area (Å²) >= 11 is 3.32. The molecule has 1 aromatic carbocycles. The highest BCUT2D eigenvalue weighted by molar-refractivity contribution is 9.10. The fourth-order valence-corrected chi connectivity index (χ4v) is 4.10. The first kappa shape index (κ1) is 24.1. The molecular formula is C21H24BrN3O7. The fourth-order valence-electron chi connectivity index (χ4n) is 3.69. The summed E-state index contributed by atoms with van der Waals surface area (Å²) in [6.45, 7) is 5.83. The van der Waals surface area contributed by atoms with Crippen LogP contribution in [-0.4, -0.2) is 54.2 Å². The molecule has 0 amide bonds. The highest BCUT2D eigenvalue weighted by atomic mass is 79.9. The van der Waals surface area contributed by atoms with Crippen molar-refractivity contribution in [3.63, 3.8) is 0 Å². The number of hydrogen-bond acceptors (Lipinski definition) is 9. The van der Waals surface area contributed by atoms with Gasteiger partial charge in [-0.2, -0.15) is 4.98 Å². The summed E-state index contributed by atoms with van der Waals surface area (Å²) in [5.41, 5.74) is -1.02. The molecule has 3 rings (SSSR count). The first-order valence-electron chi connectivity index (χ1n) is 9.78. The van der Waals surface area contributed by atoms with Gasteiger partial charge in [-0.1, -0.05) is 6.07 Å². The minimum Gasteiger partial charge on any atom is -0.505 e. The van der Waals surface area contributed by atoms with E-state index in [0.717, 1.165) is 24.0 Å². The third-order valence-electron chi connectivity index (χ3n) is 5.49. The quantitative estimate of drug-likeness (QED) is 0.425. The third kappa shape index (κ3) is 4.33. The molecule has 1 aromatic heterocycles. The van der Waals surface area contributed by atoms with Crippen molar-refractivity contribution in [3.05, 3.63) is 44.4 Å². The largest absolute Gasteiger partial charge is 0.505 e. The van der Waals surface area contributed by atoms with Crippen molar-refractivity contribution < 1.29 is 29.6 Å². The van der Waals surface area contributed by atoms with Crippen molar-refractivity contribution in [3.8, 4) is 5.75 Å². The van der Waals surface area contributed by atoms with Crippen LogP contribution in [-0.2, 0) is 14.3 Å². The van der Waals surface area contributed by atoms with Gasteiger partial charge in [0, 0.05) is 12.6 Å². The molecule has 1 saturated heterocycles. The van der Waals surface area contributed by atoms with Crippen LogP contribution < -0.4 is 11.0 Å². The van der Waals surface area contributed by atoms with Gasteiger partial charge in [0.15, 0.2) is 23.0 Å². The van der Waals surface area contributed by atoms with Crippen LogP contribution >= 0.6 is 15.9 Å². The minimum absolute atomic E-state index is 0.0141. The molecule has 0 saturated carbocycles. The van der Waals surface area contributed by atoms with Crippen LogP contribution in [0.2, 0.25) is 0 Å². The van der Waals surface area contributed by atoms with Crippen LogP contribution in [0.25, 0.3) is 0 Å². The number of aromatic hydroxyl groups is 1. The van der Waals surface area contributed by atoms with Gasteiger partial charge in [-0.3, -0.25) is 14.2 Å². The Bertz CT molecular complexity index is 1150. The monoisotopic (exact) mass is 509 g/mol. The molecule has 11 heteroatoms. The molecule has 32 heavy (non-hydrogen) atoms. The number of aromatic nitrogens is 2. The van der Waals surface area contributed by atoms with Gasteiger partial charge in [0.25, 0.3) is 0 Å². The fraction of sp³-hybridized carbons (Fsp3) is 0.429. The van der Waals surface area contributed by atoms with E-state index in [1.807, 2.05) is 6.92 Å². The molecule has 1 aliphatic rings. The van der Waals surface area contributed by atoms with E-state index in [4.69, 9.17) is 4.74 Å². The summed E-state index contributed by atoms with van der Waals surface area (Å²) in [4.78, 5) is 40.4. The lowest BCUT2D eigenvalue weighted by molar-refractivity contribution is -0.158. The van der Waals surface area contributed by atoms with Gasteiger partial charge in [-0.15, -0.1) is 0 Å². The van der Waals surface area contributed by atoms with E-state index < -0.39 is 41.3 Å².